The van der Waals surface area contributed by atoms with E-state index in [0.717, 1.165) is 184 Å². The van der Waals surface area contributed by atoms with Crippen LogP contribution < -0.4 is 29.9 Å². The van der Waals surface area contributed by atoms with Crippen molar-refractivity contribution in [3.05, 3.63) is 153 Å². The number of ether oxygens (including phenoxy) is 4. The molecule has 0 saturated heterocycles. The molecule has 4 aliphatic heterocycles. The number of rotatable bonds is 16. The zero-order valence-corrected chi connectivity index (χ0v) is 54.2. The zero-order valence-electron chi connectivity index (χ0n) is 48.2. The molecule has 15 heteroatoms. The third-order valence-corrected chi connectivity index (χ3v) is 32.1. The number of aromatic nitrogens is 2. The van der Waals surface area contributed by atoms with Gasteiger partial charge in [0, 0.05) is 0 Å². The number of halogens is 2. The standard InChI is InChI=1S/C68H64N8O4.2BrH.Sn/c1-9-13-33-77-57-45-29-21-17-25-41(45)37(5)49-53(57)65-70-61(49)69-62-50-38(6)42-26-18-22-30-46(42)58(78-34-14-10-2)54(50)66(71-62)73-64-52-40(8)44-28-20-24-32-48(44)60(80-36-16-12-4)56(52)68(75-64)76-67-55-51(63(72-65)74-67)39(7)43-27-19-23-31-47(43)59(55)79-35-15-11-3;;;/h17-32H,9-16,33-36H2,1-8H3;2*1H;/q-2;;;+4/p-2. The van der Waals surface area contributed by atoms with E-state index in [-0.39, 0.29) is 0 Å². The van der Waals surface area contributed by atoms with Gasteiger partial charge in [-0.1, -0.05) is 0 Å². The van der Waals surface area contributed by atoms with E-state index in [0.29, 0.717) is 72.4 Å². The number of fused-ring (bicyclic) bond motifs is 18. The monoisotopic (exact) mass is 1330 g/mol. The zero-order chi connectivity index (χ0) is 57.0. The van der Waals surface area contributed by atoms with E-state index in [1.807, 2.05) is 0 Å². The topological polar surface area (TPSA) is 121 Å². The Labute approximate surface area is 498 Å². The molecular weight excluding hydrogens is 1270 g/mol. The van der Waals surface area contributed by atoms with Gasteiger partial charge in [0.25, 0.3) is 0 Å². The molecule has 0 N–H and O–H groups in total. The summed E-state index contributed by atoms with van der Waals surface area (Å²) in [6.45, 7) is 19.6. The third-order valence-electron chi connectivity index (χ3n) is 17.1. The van der Waals surface area contributed by atoms with E-state index in [4.69, 9.17) is 74.3 Å². The fourth-order valence-electron chi connectivity index (χ4n) is 13.0. The molecule has 0 atom stereocenters. The van der Waals surface area contributed by atoms with Gasteiger partial charge < -0.3 is 0 Å². The first-order chi connectivity index (χ1) is 40.5. The summed E-state index contributed by atoms with van der Waals surface area (Å²) in [4.78, 5) is 35.5. The van der Waals surface area contributed by atoms with Crippen molar-refractivity contribution in [2.45, 2.75) is 107 Å². The average molecular weight is 1340 g/mol. The molecule has 0 amide bonds. The minimum absolute atomic E-state index is 0.494. The molecule has 0 radical (unpaired) electrons. The fraction of sp³-hybridized carbons (Fsp3) is 0.294. The number of hydrogen-bond donors (Lipinski definition) is 0. The second kappa shape index (κ2) is 21.3. The quantitative estimate of drug-likeness (QED) is 0.0706. The van der Waals surface area contributed by atoms with Gasteiger partial charge in [-0.2, -0.15) is 0 Å². The predicted molar refractivity (Wildman–Crippen MR) is 350 cm³/mol. The summed E-state index contributed by atoms with van der Waals surface area (Å²) < 4.78 is 33.3. The predicted octanol–water partition coefficient (Wildman–Crippen LogP) is 16.7. The van der Waals surface area contributed by atoms with E-state index in [2.05, 4.69) is 158 Å². The Balaban J connectivity index is 1.28. The van der Waals surface area contributed by atoms with Gasteiger partial charge in [0.05, 0.1) is 0 Å². The van der Waals surface area contributed by atoms with Crippen LogP contribution in [0, 0.1) is 27.7 Å². The number of hydrogen-bond acceptors (Lipinski definition) is 10. The Hall–Kier alpha value is -6.88. The molecule has 2 aromatic heterocycles. The normalized spacial score (nSPS) is 14.6. The van der Waals surface area contributed by atoms with Crippen LogP contribution in [0.5, 0.6) is 23.0 Å². The number of aliphatic imine (C=N–C) groups is 4. The molecule has 10 aromatic rings. The van der Waals surface area contributed by atoms with Crippen molar-refractivity contribution in [1.29, 1.82) is 0 Å². The Kier molecular flexibility index (Phi) is 13.9. The van der Waals surface area contributed by atoms with Crippen LogP contribution in [0.3, 0.4) is 0 Å². The first-order valence-electron chi connectivity index (χ1n) is 29.5. The van der Waals surface area contributed by atoms with Crippen molar-refractivity contribution in [3.8, 4) is 23.0 Å². The Morgan fingerprint density at radius 1 is 0.349 bits per heavy atom. The second-order valence-corrected chi connectivity index (χ2v) is 49.7. The van der Waals surface area contributed by atoms with E-state index in [1.165, 1.54) is 0 Å². The van der Waals surface area contributed by atoms with Crippen LogP contribution in [0.25, 0.3) is 64.6 Å². The van der Waals surface area contributed by atoms with Gasteiger partial charge in [0.1, 0.15) is 0 Å². The molecule has 83 heavy (non-hydrogen) atoms. The van der Waals surface area contributed by atoms with Gasteiger partial charge in [0.15, 0.2) is 0 Å². The molecular formula is C68H64Br2N8O4Sn. The summed E-state index contributed by atoms with van der Waals surface area (Å²) in [5.41, 5.74) is 8.84. The molecule has 0 aliphatic carbocycles. The number of unbranched alkanes of at least 4 members (excludes halogenated alkanes) is 4. The summed E-state index contributed by atoms with van der Waals surface area (Å²) in [6, 6.07) is 34.2. The van der Waals surface area contributed by atoms with Gasteiger partial charge >= 0.3 is 503 Å². The maximum atomic E-state index is 7.25. The van der Waals surface area contributed by atoms with Gasteiger partial charge in [-0.05, 0) is 0 Å². The Bertz CT molecular complexity index is 4720. The summed E-state index contributed by atoms with van der Waals surface area (Å²) >= 11 is 4.42. The summed E-state index contributed by atoms with van der Waals surface area (Å²) in [5, 5.41) is 11.7. The third kappa shape index (κ3) is 8.21. The van der Waals surface area contributed by atoms with Crippen LogP contribution >= 0.6 is 25.4 Å². The molecule has 6 bridgehead atoms. The average Bonchev–Trinajstić information content (AvgIpc) is 1.74. The number of amidine groups is 4. The molecule has 14 rings (SSSR count). The van der Waals surface area contributed by atoms with Crippen molar-refractivity contribution < 1.29 is 18.9 Å². The van der Waals surface area contributed by atoms with Crippen molar-refractivity contribution >= 4 is 140 Å². The molecule has 0 saturated carbocycles. The molecule has 12 nitrogen and oxygen atoms in total. The maximum absolute atomic E-state index is 7.25. The van der Waals surface area contributed by atoms with Crippen molar-refractivity contribution in [1.82, 2.24) is 5.58 Å². The van der Waals surface area contributed by atoms with Crippen molar-refractivity contribution in [3.63, 3.8) is 0 Å². The molecule has 418 valence electrons. The van der Waals surface area contributed by atoms with Crippen LogP contribution in [0.1, 0.15) is 124 Å². The molecule has 6 heterocycles. The van der Waals surface area contributed by atoms with Gasteiger partial charge in [-0.15, -0.1) is 0 Å². The Morgan fingerprint density at radius 3 is 1.10 bits per heavy atom. The van der Waals surface area contributed by atoms with E-state index in [1.54, 1.807) is 0 Å². The van der Waals surface area contributed by atoms with E-state index in [9.17, 15) is 0 Å². The minimum atomic E-state index is -5.09. The Morgan fingerprint density at radius 2 is 0.675 bits per heavy atom. The number of nitrogens with zero attached hydrogens (tertiary/aromatic N) is 8. The molecule has 0 fully saturated rings. The molecule has 0 spiro atoms. The van der Waals surface area contributed by atoms with Crippen LogP contribution in [0.2, 0.25) is 0 Å². The van der Waals surface area contributed by atoms with Gasteiger partial charge in [-0.3, -0.25) is 0 Å². The second-order valence-electron chi connectivity index (χ2n) is 22.2. The molecule has 0 unspecified atom stereocenters. The van der Waals surface area contributed by atoms with E-state index >= 15 is 0 Å². The van der Waals surface area contributed by atoms with Crippen molar-refractivity contribution in [2.24, 2.45) is 30.0 Å². The summed E-state index contributed by atoms with van der Waals surface area (Å²) in [7, 11) is 0. The van der Waals surface area contributed by atoms with Gasteiger partial charge in [-0.25, -0.2) is 0 Å². The van der Waals surface area contributed by atoms with E-state index < -0.39 is 14.5 Å². The molecule has 4 aliphatic rings. The number of benzene rings is 8. The fourth-order valence-corrected chi connectivity index (χ4v) is 27.3. The van der Waals surface area contributed by atoms with Crippen LogP contribution in [-0.2, 0) is 0 Å². The summed E-state index contributed by atoms with van der Waals surface area (Å²) in [6.07, 6.45) is 7.35. The first-order valence-corrected chi connectivity index (χ1v) is 44.9. The first kappa shape index (κ1) is 54.1. The molecule has 8 aromatic carbocycles. The van der Waals surface area contributed by atoms with Gasteiger partial charge in [0.2, 0.25) is 0 Å². The number of aryl methyl sites for hydroxylation is 4. The van der Waals surface area contributed by atoms with Crippen LogP contribution in [-0.4, -0.2) is 69.8 Å². The SMILES string of the molecule is CCCCOc1c2c(c(C)c3ccccc13)C1=NC2=Nc2c3c(C)c4ccccc4c(OCCCC)c3c3[n]2[Sn]([Br])([Br])[n]2c(c4c(C)c5ccccc5c(OCCCC)c4c2=NC2=NC(=N3)c3c2c(C)c2ccccc2c3OCCCC)=N1. The van der Waals surface area contributed by atoms with Crippen LogP contribution in [0.15, 0.2) is 127 Å². The summed E-state index contributed by atoms with van der Waals surface area (Å²) in [5.74, 6) is 6.34. The van der Waals surface area contributed by atoms with Crippen LogP contribution in [0.4, 0.5) is 11.6 Å². The van der Waals surface area contributed by atoms with Crippen molar-refractivity contribution in [2.75, 3.05) is 26.4 Å².